The third-order valence-electron chi connectivity index (χ3n) is 3.48. The number of hydrogen-bond acceptors (Lipinski definition) is 3. The van der Waals surface area contributed by atoms with E-state index in [1.54, 1.807) is 0 Å². The fourth-order valence-corrected chi connectivity index (χ4v) is 2.91. The maximum atomic E-state index is 5.83. The minimum absolute atomic E-state index is 0.889. The van der Waals surface area contributed by atoms with Crippen molar-refractivity contribution < 1.29 is 9.32 Å². The molecule has 0 bridgehead atoms. The number of quaternary nitrogens is 1. The Hall–Kier alpha value is -1.10. The number of aryl methyl sites for hydroxylation is 2. The minimum Gasteiger partial charge on any atom is -0.465 e. The Morgan fingerprint density at radius 1 is 1.25 bits per heavy atom. The number of rotatable bonds is 7. The van der Waals surface area contributed by atoms with Crippen molar-refractivity contribution in [2.45, 2.75) is 26.9 Å². The van der Waals surface area contributed by atoms with Gasteiger partial charge in [0.2, 0.25) is 0 Å². The number of nitrogens with one attached hydrogen (secondary N) is 1. The topological polar surface area (TPSA) is 20.8 Å². The first kappa shape index (κ1) is 15.3. The first-order valence-electron chi connectivity index (χ1n) is 7.14. The minimum atomic E-state index is 0.889. The van der Waals surface area contributed by atoms with E-state index in [2.05, 4.69) is 49.5 Å². The van der Waals surface area contributed by atoms with Crippen molar-refractivity contribution in [2.75, 3.05) is 27.2 Å². The molecule has 0 atom stereocenters. The van der Waals surface area contributed by atoms with Gasteiger partial charge in [0.1, 0.15) is 11.5 Å². The summed E-state index contributed by atoms with van der Waals surface area (Å²) in [6.07, 6.45) is 0. The lowest BCUT2D eigenvalue weighted by Crippen LogP contribution is -3.06. The Bertz CT molecular complexity index is 497. The van der Waals surface area contributed by atoms with Gasteiger partial charge in [-0.3, -0.25) is 4.90 Å². The predicted octanol–water partition coefficient (Wildman–Crippen LogP) is 2.10. The van der Waals surface area contributed by atoms with E-state index in [-0.39, 0.29) is 0 Å². The second kappa shape index (κ2) is 7.07. The van der Waals surface area contributed by atoms with E-state index < -0.39 is 0 Å². The van der Waals surface area contributed by atoms with Crippen molar-refractivity contribution in [2.24, 2.45) is 0 Å². The molecule has 0 saturated heterocycles. The molecule has 0 aliphatic rings. The Morgan fingerprint density at radius 3 is 2.60 bits per heavy atom. The Balaban J connectivity index is 2.01. The molecule has 0 aliphatic carbocycles. The average Bonchev–Trinajstić information content (AvgIpc) is 2.98. The van der Waals surface area contributed by atoms with E-state index in [1.165, 1.54) is 15.3 Å². The highest BCUT2D eigenvalue weighted by Gasteiger charge is 2.12. The zero-order valence-corrected chi connectivity index (χ0v) is 13.7. The quantitative estimate of drug-likeness (QED) is 0.844. The average molecular weight is 293 g/mol. The Kier molecular flexibility index (Phi) is 5.40. The van der Waals surface area contributed by atoms with Crippen LogP contribution >= 0.6 is 11.3 Å². The monoisotopic (exact) mass is 293 g/mol. The lowest BCUT2D eigenvalue weighted by molar-refractivity contribution is -0.857. The van der Waals surface area contributed by atoms with Gasteiger partial charge in [0.15, 0.2) is 0 Å². The highest BCUT2D eigenvalue weighted by Crippen LogP contribution is 2.17. The molecule has 0 saturated carbocycles. The van der Waals surface area contributed by atoms with Gasteiger partial charge in [0, 0.05) is 18.0 Å². The van der Waals surface area contributed by atoms with Gasteiger partial charge in [0.05, 0.1) is 27.2 Å². The van der Waals surface area contributed by atoms with Crippen molar-refractivity contribution >= 4 is 11.3 Å². The van der Waals surface area contributed by atoms with Gasteiger partial charge < -0.3 is 9.32 Å². The van der Waals surface area contributed by atoms with E-state index in [0.29, 0.717) is 0 Å². The molecular weight excluding hydrogens is 268 g/mol. The summed E-state index contributed by atoms with van der Waals surface area (Å²) >= 11 is 1.83. The molecule has 0 fully saturated rings. The molecule has 2 rings (SSSR count). The first-order chi connectivity index (χ1) is 9.54. The highest BCUT2D eigenvalue weighted by atomic mass is 32.1. The molecule has 0 unspecified atom stereocenters. The highest BCUT2D eigenvalue weighted by molar-refractivity contribution is 7.09. The van der Waals surface area contributed by atoms with Crippen molar-refractivity contribution in [3.63, 3.8) is 0 Å². The predicted molar refractivity (Wildman–Crippen MR) is 84.3 cm³/mol. The van der Waals surface area contributed by atoms with Crippen LogP contribution in [0.3, 0.4) is 0 Å². The van der Waals surface area contributed by atoms with Crippen LogP contribution in [0.15, 0.2) is 28.0 Å². The normalized spacial score (nSPS) is 11.7. The molecule has 20 heavy (non-hydrogen) atoms. The Morgan fingerprint density at radius 2 is 2.05 bits per heavy atom. The molecule has 2 aromatic rings. The molecule has 2 heterocycles. The summed E-state index contributed by atoms with van der Waals surface area (Å²) in [5, 5.41) is 2.14. The number of thiophene rings is 1. The van der Waals surface area contributed by atoms with Crippen LogP contribution in [0.1, 0.15) is 22.0 Å². The number of furan rings is 1. The summed E-state index contributed by atoms with van der Waals surface area (Å²) in [5.41, 5.74) is 1.24. The SMILES string of the molecule is Cc1cc(CN(CC[NH+](C)C)Cc2cccs2)oc1C. The molecule has 2 aromatic heterocycles. The van der Waals surface area contributed by atoms with E-state index in [9.17, 15) is 0 Å². The van der Waals surface area contributed by atoms with Gasteiger partial charge >= 0.3 is 0 Å². The first-order valence-corrected chi connectivity index (χ1v) is 8.02. The summed E-state index contributed by atoms with van der Waals surface area (Å²) in [7, 11) is 4.40. The van der Waals surface area contributed by atoms with Crippen LogP contribution in [-0.4, -0.2) is 32.1 Å². The summed E-state index contributed by atoms with van der Waals surface area (Å²) in [6.45, 7) is 8.26. The van der Waals surface area contributed by atoms with Gasteiger partial charge in [-0.2, -0.15) is 0 Å². The van der Waals surface area contributed by atoms with E-state index in [4.69, 9.17) is 4.42 Å². The summed E-state index contributed by atoms with van der Waals surface area (Å²) < 4.78 is 5.83. The molecular formula is C16H25N2OS+. The van der Waals surface area contributed by atoms with Gasteiger partial charge in [-0.05, 0) is 36.9 Å². The van der Waals surface area contributed by atoms with Gasteiger partial charge in [0.25, 0.3) is 0 Å². The third kappa shape index (κ3) is 4.47. The molecule has 0 amide bonds. The van der Waals surface area contributed by atoms with Crippen LogP contribution in [0.4, 0.5) is 0 Å². The van der Waals surface area contributed by atoms with Crippen molar-refractivity contribution in [3.8, 4) is 0 Å². The lowest BCUT2D eigenvalue weighted by Gasteiger charge is -2.21. The smallest absolute Gasteiger partial charge is 0.118 e. The van der Waals surface area contributed by atoms with Crippen LogP contribution in [0.2, 0.25) is 0 Å². The zero-order valence-electron chi connectivity index (χ0n) is 12.9. The van der Waals surface area contributed by atoms with Gasteiger partial charge in [-0.15, -0.1) is 11.3 Å². The summed E-state index contributed by atoms with van der Waals surface area (Å²) in [4.78, 5) is 5.36. The molecule has 0 spiro atoms. The molecule has 0 aliphatic heterocycles. The number of hydrogen-bond donors (Lipinski definition) is 1. The van der Waals surface area contributed by atoms with E-state index >= 15 is 0 Å². The molecule has 110 valence electrons. The summed E-state index contributed by atoms with van der Waals surface area (Å²) in [6, 6.07) is 6.49. The Labute approximate surface area is 125 Å². The van der Waals surface area contributed by atoms with Crippen LogP contribution in [-0.2, 0) is 13.1 Å². The lowest BCUT2D eigenvalue weighted by atomic mass is 10.2. The molecule has 0 aromatic carbocycles. The maximum absolute atomic E-state index is 5.83. The van der Waals surface area contributed by atoms with Crippen LogP contribution in [0.25, 0.3) is 0 Å². The second-order valence-corrected chi connectivity index (χ2v) is 6.73. The van der Waals surface area contributed by atoms with Crippen molar-refractivity contribution in [1.82, 2.24) is 4.90 Å². The molecule has 1 N–H and O–H groups in total. The van der Waals surface area contributed by atoms with Crippen LogP contribution in [0, 0.1) is 13.8 Å². The fraction of sp³-hybridized carbons (Fsp3) is 0.500. The third-order valence-corrected chi connectivity index (χ3v) is 4.35. The fourth-order valence-electron chi connectivity index (χ4n) is 2.17. The van der Waals surface area contributed by atoms with Crippen LogP contribution < -0.4 is 4.90 Å². The van der Waals surface area contributed by atoms with Crippen molar-refractivity contribution in [1.29, 1.82) is 0 Å². The number of nitrogens with zero attached hydrogens (tertiary/aromatic N) is 1. The standard InChI is InChI=1S/C16H24N2OS/c1-13-10-15(19-14(13)2)11-18(8-7-17(3)4)12-16-6-5-9-20-16/h5-6,9-10H,7-8,11-12H2,1-4H3/p+1. The second-order valence-electron chi connectivity index (χ2n) is 5.70. The molecule has 3 nitrogen and oxygen atoms in total. The largest absolute Gasteiger partial charge is 0.465 e. The van der Waals surface area contributed by atoms with Crippen molar-refractivity contribution in [3.05, 3.63) is 45.5 Å². The molecule has 4 heteroatoms. The van der Waals surface area contributed by atoms with Gasteiger partial charge in [-0.1, -0.05) is 6.07 Å². The molecule has 0 radical (unpaired) electrons. The van der Waals surface area contributed by atoms with Crippen LogP contribution in [0.5, 0.6) is 0 Å². The van der Waals surface area contributed by atoms with E-state index in [1.807, 2.05) is 18.3 Å². The summed E-state index contributed by atoms with van der Waals surface area (Å²) in [5.74, 6) is 2.11. The maximum Gasteiger partial charge on any atom is 0.118 e. The zero-order chi connectivity index (χ0) is 14.5. The number of likely N-dealkylation sites (N-methyl/N-ethyl adjacent to an activating group) is 1. The van der Waals surface area contributed by atoms with E-state index in [0.717, 1.165) is 37.7 Å². The van der Waals surface area contributed by atoms with Gasteiger partial charge in [-0.25, -0.2) is 0 Å².